The summed E-state index contributed by atoms with van der Waals surface area (Å²) in [5.41, 5.74) is 6.02. The summed E-state index contributed by atoms with van der Waals surface area (Å²) in [4.78, 5) is 28.7. The van der Waals surface area contributed by atoms with Gasteiger partial charge in [-0.05, 0) is 31.0 Å². The number of rotatable bonds is 2. The molecule has 2 N–H and O–H groups in total. The fourth-order valence-corrected chi connectivity index (χ4v) is 3.37. The third kappa shape index (κ3) is 4.44. The van der Waals surface area contributed by atoms with E-state index in [1.165, 1.54) is 0 Å². The van der Waals surface area contributed by atoms with Crippen molar-refractivity contribution < 1.29 is 14.3 Å². The van der Waals surface area contributed by atoms with Gasteiger partial charge in [0, 0.05) is 50.0 Å². The average Bonchev–Trinajstić information content (AvgIpc) is 2.61. The Morgan fingerprint density at radius 1 is 1.08 bits per heavy atom. The highest BCUT2D eigenvalue weighted by Crippen LogP contribution is 2.22. The van der Waals surface area contributed by atoms with Gasteiger partial charge in [-0.15, -0.1) is 12.4 Å². The molecule has 2 aliphatic heterocycles. The highest BCUT2D eigenvalue weighted by molar-refractivity contribution is 6.30. The van der Waals surface area contributed by atoms with E-state index < -0.39 is 5.54 Å². The summed E-state index contributed by atoms with van der Waals surface area (Å²) in [7, 11) is 0. The van der Waals surface area contributed by atoms with E-state index in [-0.39, 0.29) is 24.2 Å². The maximum Gasteiger partial charge on any atom is 0.254 e. The van der Waals surface area contributed by atoms with Crippen molar-refractivity contribution in [3.05, 3.63) is 34.9 Å². The van der Waals surface area contributed by atoms with Crippen LogP contribution in [0.1, 0.15) is 23.2 Å². The summed E-state index contributed by atoms with van der Waals surface area (Å²) >= 11 is 5.95. The van der Waals surface area contributed by atoms with Gasteiger partial charge in [-0.2, -0.15) is 0 Å². The van der Waals surface area contributed by atoms with E-state index in [9.17, 15) is 9.59 Å². The summed E-state index contributed by atoms with van der Waals surface area (Å²) in [5.74, 6) is -0.0845. The average molecular weight is 388 g/mol. The van der Waals surface area contributed by atoms with Gasteiger partial charge < -0.3 is 20.3 Å². The Morgan fingerprint density at radius 2 is 1.68 bits per heavy atom. The molecule has 3 rings (SSSR count). The summed E-state index contributed by atoms with van der Waals surface area (Å²) in [6.07, 6.45) is 1.10. The standard InChI is InChI=1S/C17H22ClN3O3.ClH/c18-14-3-1-2-13(12-14)15(22)20-6-8-21(9-7-20)16(23)17(19)4-10-24-11-5-17;/h1-3,12H,4-11,19H2;1H. The van der Waals surface area contributed by atoms with Crippen LogP contribution >= 0.6 is 24.0 Å². The summed E-state index contributed by atoms with van der Waals surface area (Å²) < 4.78 is 5.30. The number of carbonyl (C=O) groups is 2. The van der Waals surface area contributed by atoms with Crippen LogP contribution in [-0.4, -0.2) is 66.5 Å². The Balaban J connectivity index is 0.00000225. The fraction of sp³-hybridized carbons (Fsp3) is 0.529. The first-order chi connectivity index (χ1) is 11.5. The smallest absolute Gasteiger partial charge is 0.254 e. The van der Waals surface area contributed by atoms with E-state index in [0.717, 1.165) is 0 Å². The SMILES string of the molecule is Cl.NC1(C(=O)N2CCN(C(=O)c3cccc(Cl)c3)CC2)CCOCC1. The molecule has 0 atom stereocenters. The van der Waals surface area contributed by atoms with Crippen LogP contribution in [0.3, 0.4) is 0 Å². The van der Waals surface area contributed by atoms with Crippen molar-refractivity contribution in [3.8, 4) is 0 Å². The normalized spacial score (nSPS) is 19.9. The second-order valence-corrected chi connectivity index (χ2v) is 6.80. The second kappa shape index (κ2) is 8.36. The van der Waals surface area contributed by atoms with Crippen LogP contribution in [0.4, 0.5) is 0 Å². The molecule has 2 aliphatic rings. The van der Waals surface area contributed by atoms with Gasteiger partial charge in [-0.25, -0.2) is 0 Å². The van der Waals surface area contributed by atoms with Crippen molar-refractivity contribution in [2.45, 2.75) is 18.4 Å². The lowest BCUT2D eigenvalue weighted by Gasteiger charge is -2.40. The summed E-state index contributed by atoms with van der Waals surface area (Å²) in [5, 5.41) is 0.541. The van der Waals surface area contributed by atoms with Gasteiger partial charge in [0.25, 0.3) is 5.91 Å². The summed E-state index contributed by atoms with van der Waals surface area (Å²) in [6, 6.07) is 6.92. The van der Waals surface area contributed by atoms with Crippen LogP contribution in [0.15, 0.2) is 24.3 Å². The molecule has 6 nitrogen and oxygen atoms in total. The van der Waals surface area contributed by atoms with Crippen LogP contribution < -0.4 is 5.73 Å². The molecule has 0 spiro atoms. The number of nitrogens with zero attached hydrogens (tertiary/aromatic N) is 2. The van der Waals surface area contributed by atoms with Crippen molar-refractivity contribution in [2.75, 3.05) is 39.4 Å². The number of benzene rings is 1. The molecule has 2 fully saturated rings. The number of carbonyl (C=O) groups excluding carboxylic acids is 2. The second-order valence-electron chi connectivity index (χ2n) is 6.36. The van der Waals surface area contributed by atoms with Gasteiger partial charge in [0.1, 0.15) is 0 Å². The molecule has 0 radical (unpaired) electrons. The van der Waals surface area contributed by atoms with Gasteiger partial charge in [-0.1, -0.05) is 17.7 Å². The van der Waals surface area contributed by atoms with Crippen molar-refractivity contribution >= 4 is 35.8 Å². The molecule has 8 heteroatoms. The predicted octanol–water partition coefficient (Wildman–Crippen LogP) is 1.55. The van der Waals surface area contributed by atoms with E-state index in [0.29, 0.717) is 62.8 Å². The van der Waals surface area contributed by atoms with E-state index in [1.807, 2.05) is 0 Å². The zero-order chi connectivity index (χ0) is 17.2. The quantitative estimate of drug-likeness (QED) is 0.834. The lowest BCUT2D eigenvalue weighted by molar-refractivity contribution is -0.142. The largest absolute Gasteiger partial charge is 0.381 e. The number of hydrogen-bond acceptors (Lipinski definition) is 4. The first-order valence-electron chi connectivity index (χ1n) is 8.20. The third-order valence-corrected chi connectivity index (χ3v) is 4.97. The molecule has 0 aliphatic carbocycles. The van der Waals surface area contributed by atoms with Crippen LogP contribution in [0, 0.1) is 0 Å². The fourth-order valence-electron chi connectivity index (χ4n) is 3.18. The van der Waals surface area contributed by atoms with Crippen molar-refractivity contribution in [1.29, 1.82) is 0 Å². The first-order valence-corrected chi connectivity index (χ1v) is 8.58. The van der Waals surface area contributed by atoms with E-state index in [1.54, 1.807) is 34.1 Å². The minimum absolute atomic E-state index is 0. The number of hydrogen-bond donors (Lipinski definition) is 1. The monoisotopic (exact) mass is 387 g/mol. The van der Waals surface area contributed by atoms with Crippen molar-refractivity contribution in [3.63, 3.8) is 0 Å². The highest BCUT2D eigenvalue weighted by atomic mass is 35.5. The maximum absolute atomic E-state index is 12.7. The third-order valence-electron chi connectivity index (χ3n) is 4.74. The zero-order valence-electron chi connectivity index (χ0n) is 13.9. The van der Waals surface area contributed by atoms with Crippen LogP contribution in [-0.2, 0) is 9.53 Å². The Hall–Kier alpha value is -1.34. The highest BCUT2D eigenvalue weighted by Gasteiger charge is 2.40. The Labute approximate surface area is 158 Å². The van der Waals surface area contributed by atoms with E-state index in [2.05, 4.69) is 0 Å². The lowest BCUT2D eigenvalue weighted by atomic mass is 9.89. The molecule has 1 aromatic carbocycles. The van der Waals surface area contributed by atoms with E-state index in [4.69, 9.17) is 22.1 Å². The molecule has 2 heterocycles. The van der Waals surface area contributed by atoms with Gasteiger partial charge in [-0.3, -0.25) is 9.59 Å². The van der Waals surface area contributed by atoms with Crippen LogP contribution in [0.25, 0.3) is 0 Å². The number of ether oxygens (including phenoxy) is 1. The molecule has 0 unspecified atom stereocenters. The van der Waals surface area contributed by atoms with Gasteiger partial charge >= 0.3 is 0 Å². The molecule has 2 amide bonds. The minimum Gasteiger partial charge on any atom is -0.381 e. The number of piperazine rings is 1. The van der Waals surface area contributed by atoms with Gasteiger partial charge in [0.2, 0.25) is 5.91 Å². The predicted molar refractivity (Wildman–Crippen MR) is 98.2 cm³/mol. The minimum atomic E-state index is -0.822. The molecule has 25 heavy (non-hydrogen) atoms. The lowest BCUT2D eigenvalue weighted by Crippen LogP contribution is -2.61. The molecule has 0 saturated carbocycles. The molecular weight excluding hydrogens is 365 g/mol. The van der Waals surface area contributed by atoms with Crippen LogP contribution in [0.5, 0.6) is 0 Å². The molecule has 2 saturated heterocycles. The number of nitrogens with two attached hydrogens (primary N) is 1. The summed E-state index contributed by atoms with van der Waals surface area (Å²) in [6.45, 7) is 3.06. The molecule has 138 valence electrons. The molecular formula is C17H23Cl2N3O3. The first kappa shape index (κ1) is 20.0. The van der Waals surface area contributed by atoms with Crippen molar-refractivity contribution in [2.24, 2.45) is 5.73 Å². The van der Waals surface area contributed by atoms with Gasteiger partial charge in [0.05, 0.1) is 5.54 Å². The van der Waals surface area contributed by atoms with Crippen LogP contribution in [0.2, 0.25) is 5.02 Å². The number of halogens is 2. The van der Waals surface area contributed by atoms with Gasteiger partial charge in [0.15, 0.2) is 0 Å². The molecule has 0 bridgehead atoms. The zero-order valence-corrected chi connectivity index (χ0v) is 15.5. The van der Waals surface area contributed by atoms with E-state index >= 15 is 0 Å². The topological polar surface area (TPSA) is 75.9 Å². The maximum atomic E-state index is 12.7. The van der Waals surface area contributed by atoms with Crippen molar-refractivity contribution in [1.82, 2.24) is 9.80 Å². The Bertz CT molecular complexity index is 627. The Morgan fingerprint density at radius 3 is 2.28 bits per heavy atom. The number of amides is 2. The molecule has 0 aromatic heterocycles. The Kier molecular flexibility index (Phi) is 6.68. The molecule has 1 aromatic rings.